The molecule has 0 saturated carbocycles. The Labute approximate surface area is 172 Å². The van der Waals surface area contributed by atoms with Crippen LogP contribution in [-0.2, 0) is 14.9 Å². The lowest BCUT2D eigenvalue weighted by Gasteiger charge is -2.46. The highest BCUT2D eigenvalue weighted by Gasteiger charge is 2.41. The first-order chi connectivity index (χ1) is 13.9. The van der Waals surface area contributed by atoms with Crippen LogP contribution in [-0.4, -0.2) is 67.1 Å². The van der Waals surface area contributed by atoms with Crippen molar-refractivity contribution >= 4 is 11.8 Å². The lowest BCUT2D eigenvalue weighted by molar-refractivity contribution is -0.140. The van der Waals surface area contributed by atoms with Crippen LogP contribution in [0.5, 0.6) is 5.75 Å². The highest BCUT2D eigenvalue weighted by molar-refractivity contribution is 5.81. The van der Waals surface area contributed by atoms with Gasteiger partial charge in [-0.3, -0.25) is 4.79 Å². The van der Waals surface area contributed by atoms with Gasteiger partial charge >= 0.3 is 6.03 Å². The van der Waals surface area contributed by atoms with Gasteiger partial charge in [-0.2, -0.15) is 0 Å². The number of ether oxygens (including phenoxy) is 2. The van der Waals surface area contributed by atoms with Crippen LogP contribution in [0, 0.1) is 5.92 Å². The molecule has 0 N–H and O–H groups in total. The second-order valence-electron chi connectivity index (χ2n) is 9.71. The second kappa shape index (κ2) is 7.01. The Hall–Kier alpha value is -2.08. The van der Waals surface area contributed by atoms with Crippen LogP contribution in [0.15, 0.2) is 18.2 Å². The van der Waals surface area contributed by atoms with Crippen molar-refractivity contribution in [3.05, 3.63) is 29.3 Å². The minimum Gasteiger partial charge on any atom is -0.493 e. The fourth-order valence-corrected chi connectivity index (χ4v) is 5.20. The van der Waals surface area contributed by atoms with E-state index in [0.717, 1.165) is 44.8 Å². The summed E-state index contributed by atoms with van der Waals surface area (Å²) in [5, 5.41) is 0. The third-order valence-corrected chi connectivity index (χ3v) is 7.22. The molecule has 0 unspecified atom stereocenters. The summed E-state index contributed by atoms with van der Waals surface area (Å²) in [6.07, 6.45) is 2.55. The molecular weight excluding hydrogens is 368 g/mol. The zero-order chi connectivity index (χ0) is 20.2. The number of hydrogen-bond donors (Lipinski definition) is 0. The van der Waals surface area contributed by atoms with Crippen LogP contribution in [0.3, 0.4) is 0 Å². The molecule has 2 atom stereocenters. The van der Waals surface area contributed by atoms with Crippen LogP contribution in [0.4, 0.5) is 4.79 Å². The molecule has 0 aliphatic carbocycles. The molecule has 6 nitrogen and oxygen atoms in total. The van der Waals surface area contributed by atoms with E-state index in [9.17, 15) is 9.59 Å². The summed E-state index contributed by atoms with van der Waals surface area (Å²) in [5.74, 6) is 1.71. The van der Waals surface area contributed by atoms with E-state index >= 15 is 0 Å². The molecule has 0 bridgehead atoms. The largest absolute Gasteiger partial charge is 0.493 e. The number of amides is 2. The molecule has 5 rings (SSSR count). The number of benzene rings is 1. The summed E-state index contributed by atoms with van der Waals surface area (Å²) in [6.45, 7) is 8.46. The highest BCUT2D eigenvalue weighted by Crippen LogP contribution is 2.41. The van der Waals surface area contributed by atoms with Crippen molar-refractivity contribution < 1.29 is 19.1 Å². The maximum absolute atomic E-state index is 13.0. The third kappa shape index (κ3) is 3.41. The molecule has 0 radical (unpaired) electrons. The standard InChI is InChI=1S/C23H30N2O4/c1-23(2)6-8-28-21-4-3-15(10-19(21)23)17-12-25(13-17)22(27)24-7-5-20-16(11-24)9-18(26)14-29-20/h3-4,10,16-17,20H,5-9,11-14H2,1-2H3/t16-,20+/m1/s1. The summed E-state index contributed by atoms with van der Waals surface area (Å²) < 4.78 is 11.5. The van der Waals surface area contributed by atoms with Gasteiger partial charge in [-0.1, -0.05) is 26.0 Å². The molecule has 1 aromatic carbocycles. The van der Waals surface area contributed by atoms with Crippen LogP contribution < -0.4 is 4.74 Å². The molecule has 0 aromatic heterocycles. The molecule has 3 fully saturated rings. The van der Waals surface area contributed by atoms with Crippen LogP contribution in [0.2, 0.25) is 0 Å². The smallest absolute Gasteiger partial charge is 0.320 e. The number of carbonyl (C=O) groups is 2. The van der Waals surface area contributed by atoms with Crippen molar-refractivity contribution in [1.29, 1.82) is 0 Å². The van der Waals surface area contributed by atoms with E-state index in [2.05, 4.69) is 32.0 Å². The van der Waals surface area contributed by atoms with Gasteiger partial charge in [-0.15, -0.1) is 0 Å². The van der Waals surface area contributed by atoms with E-state index in [0.29, 0.717) is 18.9 Å². The lowest BCUT2D eigenvalue weighted by Crippen LogP contribution is -2.58. The summed E-state index contributed by atoms with van der Waals surface area (Å²) in [7, 11) is 0. The normalized spacial score (nSPS) is 28.8. The van der Waals surface area contributed by atoms with Gasteiger partial charge in [0.25, 0.3) is 0 Å². The first-order valence-electron chi connectivity index (χ1n) is 10.8. The van der Waals surface area contributed by atoms with Crippen molar-refractivity contribution in [3.63, 3.8) is 0 Å². The molecule has 0 spiro atoms. The maximum Gasteiger partial charge on any atom is 0.320 e. The van der Waals surface area contributed by atoms with Crippen molar-refractivity contribution in [2.45, 2.75) is 50.5 Å². The monoisotopic (exact) mass is 398 g/mol. The second-order valence-corrected chi connectivity index (χ2v) is 9.71. The van der Waals surface area contributed by atoms with E-state index in [-0.39, 0.29) is 35.9 Å². The predicted molar refractivity (Wildman–Crippen MR) is 108 cm³/mol. The molecule has 29 heavy (non-hydrogen) atoms. The zero-order valence-corrected chi connectivity index (χ0v) is 17.4. The van der Waals surface area contributed by atoms with Gasteiger partial charge in [0.2, 0.25) is 0 Å². The number of ketones is 1. The molecule has 2 amide bonds. The fraction of sp³-hybridized carbons (Fsp3) is 0.652. The summed E-state index contributed by atoms with van der Waals surface area (Å²) in [6, 6.07) is 6.65. The van der Waals surface area contributed by atoms with E-state index in [1.165, 1.54) is 11.1 Å². The molecule has 4 aliphatic heterocycles. The Morgan fingerprint density at radius 2 is 2.00 bits per heavy atom. The number of piperidine rings is 1. The summed E-state index contributed by atoms with van der Waals surface area (Å²) >= 11 is 0. The van der Waals surface area contributed by atoms with Gasteiger partial charge in [0.05, 0.1) is 12.7 Å². The number of nitrogens with zero attached hydrogens (tertiary/aromatic N) is 2. The molecular formula is C23H30N2O4. The van der Waals surface area contributed by atoms with Crippen LogP contribution in [0.1, 0.15) is 50.2 Å². The van der Waals surface area contributed by atoms with Crippen molar-refractivity contribution in [2.75, 3.05) is 39.4 Å². The molecule has 4 aliphatic rings. The summed E-state index contributed by atoms with van der Waals surface area (Å²) in [4.78, 5) is 28.5. The molecule has 156 valence electrons. The van der Waals surface area contributed by atoms with Gasteiger partial charge in [-0.25, -0.2) is 4.79 Å². The Morgan fingerprint density at radius 3 is 2.83 bits per heavy atom. The Kier molecular flexibility index (Phi) is 4.57. The summed E-state index contributed by atoms with van der Waals surface area (Å²) in [5.41, 5.74) is 2.72. The van der Waals surface area contributed by atoms with Gasteiger partial charge in [0.1, 0.15) is 12.4 Å². The highest BCUT2D eigenvalue weighted by atomic mass is 16.5. The van der Waals surface area contributed by atoms with E-state index in [1.54, 1.807) is 0 Å². The average Bonchev–Trinajstić information content (AvgIpc) is 2.66. The number of hydrogen-bond acceptors (Lipinski definition) is 4. The molecule has 3 saturated heterocycles. The lowest BCUT2D eigenvalue weighted by atomic mass is 9.77. The average molecular weight is 399 g/mol. The van der Waals surface area contributed by atoms with Crippen LogP contribution >= 0.6 is 0 Å². The van der Waals surface area contributed by atoms with Gasteiger partial charge in [-0.05, 0) is 29.9 Å². The van der Waals surface area contributed by atoms with Gasteiger partial charge in [0, 0.05) is 50.0 Å². The minimum absolute atomic E-state index is 0.111. The van der Waals surface area contributed by atoms with Crippen LogP contribution in [0.25, 0.3) is 0 Å². The topological polar surface area (TPSA) is 59.1 Å². The number of fused-ring (bicyclic) bond motifs is 2. The SMILES string of the molecule is CC1(C)CCOc2ccc(C3CN(C(=O)N4CC[C@@H]5OCC(=O)C[C@@H]5C4)C3)cc21. The molecule has 6 heteroatoms. The number of carbonyl (C=O) groups excluding carboxylic acids is 2. The Morgan fingerprint density at radius 1 is 1.17 bits per heavy atom. The predicted octanol–water partition coefficient (Wildman–Crippen LogP) is 2.95. The quantitative estimate of drug-likeness (QED) is 0.730. The van der Waals surface area contributed by atoms with Crippen molar-refractivity contribution in [2.24, 2.45) is 5.92 Å². The Balaban J connectivity index is 1.21. The van der Waals surface area contributed by atoms with Gasteiger partial charge in [0.15, 0.2) is 5.78 Å². The molecule has 4 heterocycles. The van der Waals surface area contributed by atoms with Gasteiger partial charge < -0.3 is 19.3 Å². The fourth-order valence-electron chi connectivity index (χ4n) is 5.20. The van der Waals surface area contributed by atoms with Crippen molar-refractivity contribution in [1.82, 2.24) is 9.80 Å². The van der Waals surface area contributed by atoms with Crippen molar-refractivity contribution in [3.8, 4) is 5.75 Å². The van der Waals surface area contributed by atoms with E-state index in [4.69, 9.17) is 9.47 Å². The first kappa shape index (κ1) is 18.9. The Bertz CT molecular complexity index is 830. The maximum atomic E-state index is 13.0. The number of urea groups is 1. The number of rotatable bonds is 1. The van der Waals surface area contributed by atoms with E-state index < -0.39 is 0 Å². The number of Topliss-reactive ketones (excluding diaryl/α,β-unsaturated/α-hetero) is 1. The van der Waals surface area contributed by atoms with E-state index in [1.807, 2.05) is 9.80 Å². The first-order valence-corrected chi connectivity index (χ1v) is 10.8. The third-order valence-electron chi connectivity index (χ3n) is 7.22. The number of likely N-dealkylation sites (tertiary alicyclic amines) is 2. The zero-order valence-electron chi connectivity index (χ0n) is 17.4. The molecule has 1 aromatic rings. The minimum atomic E-state index is 0.111.